The molecule has 152 valence electrons. The maximum absolute atomic E-state index is 13.4. The number of anilines is 1. The fraction of sp³-hybridized carbons (Fsp3) is 0.182. The molecule has 8 heteroatoms. The van der Waals surface area contributed by atoms with Crippen molar-refractivity contribution in [1.29, 1.82) is 0 Å². The second kappa shape index (κ2) is 7.72. The van der Waals surface area contributed by atoms with Gasteiger partial charge in [-0.15, -0.1) is 11.3 Å². The minimum absolute atomic E-state index is 0.129. The molecule has 0 atom stereocenters. The van der Waals surface area contributed by atoms with Crippen LogP contribution in [0.25, 0.3) is 11.1 Å². The molecule has 0 bridgehead atoms. The number of hydrogen-bond donors (Lipinski definition) is 0. The van der Waals surface area contributed by atoms with E-state index < -0.39 is 5.76 Å². The molecule has 7 nitrogen and oxygen atoms in total. The molecule has 2 aromatic heterocycles. The second-order valence-electron chi connectivity index (χ2n) is 6.81. The molecule has 0 radical (unpaired) electrons. The molecular formula is C22H18N2O5S. The summed E-state index contributed by atoms with van der Waals surface area (Å²) in [6, 6.07) is 16.4. The molecule has 0 aliphatic carbocycles. The standard InChI is InChI=1S/C22H18N2O5S/c25-21(14-24-17-5-1-2-6-18(17)29-22(24)26)23(13-16-4-3-11-30-16)15-7-8-19-20(12-15)28-10-9-27-19/h1-8,11-12H,9-10,13-14H2. The summed E-state index contributed by atoms with van der Waals surface area (Å²) < 4.78 is 17.9. The van der Waals surface area contributed by atoms with Crippen molar-refractivity contribution >= 4 is 34.0 Å². The molecule has 0 fully saturated rings. The summed E-state index contributed by atoms with van der Waals surface area (Å²) in [4.78, 5) is 28.4. The van der Waals surface area contributed by atoms with Crippen LogP contribution in [0.5, 0.6) is 11.5 Å². The highest BCUT2D eigenvalue weighted by Crippen LogP contribution is 2.35. The van der Waals surface area contributed by atoms with Gasteiger partial charge in [0.05, 0.1) is 12.1 Å². The zero-order valence-electron chi connectivity index (χ0n) is 15.9. The Balaban J connectivity index is 1.50. The van der Waals surface area contributed by atoms with Crippen molar-refractivity contribution in [3.8, 4) is 11.5 Å². The van der Waals surface area contributed by atoms with Gasteiger partial charge in [0.15, 0.2) is 17.1 Å². The van der Waals surface area contributed by atoms with Crippen molar-refractivity contribution in [3.05, 3.63) is 75.4 Å². The van der Waals surface area contributed by atoms with Crippen molar-refractivity contribution in [2.24, 2.45) is 0 Å². The summed E-state index contributed by atoms with van der Waals surface area (Å²) in [6.07, 6.45) is 0. The molecule has 0 N–H and O–H groups in total. The Bertz CT molecular complexity index is 1260. The number of aromatic nitrogens is 1. The molecule has 5 rings (SSSR count). The molecule has 1 aliphatic heterocycles. The van der Waals surface area contributed by atoms with E-state index in [1.165, 1.54) is 4.57 Å². The number of thiophene rings is 1. The minimum Gasteiger partial charge on any atom is -0.486 e. The largest absolute Gasteiger partial charge is 0.486 e. The molecule has 0 saturated heterocycles. The van der Waals surface area contributed by atoms with E-state index in [0.717, 1.165) is 4.88 Å². The van der Waals surface area contributed by atoms with Crippen LogP contribution in [-0.4, -0.2) is 23.7 Å². The van der Waals surface area contributed by atoms with E-state index in [0.29, 0.717) is 48.0 Å². The van der Waals surface area contributed by atoms with Gasteiger partial charge in [0.1, 0.15) is 19.8 Å². The fourth-order valence-electron chi connectivity index (χ4n) is 3.47. The fourth-order valence-corrected chi connectivity index (χ4v) is 4.16. The van der Waals surface area contributed by atoms with E-state index in [1.54, 1.807) is 46.6 Å². The van der Waals surface area contributed by atoms with Crippen molar-refractivity contribution in [2.45, 2.75) is 13.1 Å². The number of benzene rings is 2. The third kappa shape index (κ3) is 3.46. The molecule has 4 aromatic rings. The first kappa shape index (κ1) is 18.5. The smallest absolute Gasteiger partial charge is 0.420 e. The van der Waals surface area contributed by atoms with Crippen molar-refractivity contribution in [1.82, 2.24) is 4.57 Å². The molecule has 2 aromatic carbocycles. The van der Waals surface area contributed by atoms with Crippen LogP contribution in [0.15, 0.2) is 69.2 Å². The maximum atomic E-state index is 13.4. The van der Waals surface area contributed by atoms with Crippen LogP contribution in [0.4, 0.5) is 5.69 Å². The lowest BCUT2D eigenvalue weighted by atomic mass is 10.2. The van der Waals surface area contributed by atoms with Crippen LogP contribution in [-0.2, 0) is 17.9 Å². The number of amides is 1. The summed E-state index contributed by atoms with van der Waals surface area (Å²) in [5, 5.41) is 1.97. The quantitative estimate of drug-likeness (QED) is 0.491. The van der Waals surface area contributed by atoms with E-state index in [-0.39, 0.29) is 12.5 Å². The number of rotatable bonds is 5. The van der Waals surface area contributed by atoms with Gasteiger partial charge >= 0.3 is 5.76 Å². The van der Waals surface area contributed by atoms with Crippen molar-refractivity contribution in [3.63, 3.8) is 0 Å². The molecular weight excluding hydrogens is 404 g/mol. The van der Waals surface area contributed by atoms with Gasteiger partial charge < -0.3 is 18.8 Å². The average molecular weight is 422 g/mol. The number of para-hydroxylation sites is 2. The Kier molecular flexibility index (Phi) is 4.76. The third-order valence-electron chi connectivity index (χ3n) is 4.90. The van der Waals surface area contributed by atoms with Crippen LogP contribution >= 0.6 is 11.3 Å². The van der Waals surface area contributed by atoms with E-state index >= 15 is 0 Å². The van der Waals surface area contributed by atoms with Gasteiger partial charge in [0.2, 0.25) is 5.91 Å². The highest BCUT2D eigenvalue weighted by Gasteiger charge is 2.22. The summed E-state index contributed by atoms with van der Waals surface area (Å²) in [5.74, 6) is 0.482. The molecule has 0 spiro atoms. The first-order chi connectivity index (χ1) is 14.7. The number of oxazole rings is 1. The third-order valence-corrected chi connectivity index (χ3v) is 5.76. The molecule has 0 unspecified atom stereocenters. The Morgan fingerprint density at radius 1 is 1.03 bits per heavy atom. The number of nitrogens with zero attached hydrogens (tertiary/aromatic N) is 2. The lowest BCUT2D eigenvalue weighted by molar-refractivity contribution is -0.119. The van der Waals surface area contributed by atoms with E-state index in [1.807, 2.05) is 29.6 Å². The number of carbonyl (C=O) groups excluding carboxylic acids is 1. The summed E-state index contributed by atoms with van der Waals surface area (Å²) >= 11 is 1.57. The number of fused-ring (bicyclic) bond motifs is 2. The molecule has 1 amide bonds. The summed E-state index contributed by atoms with van der Waals surface area (Å²) in [7, 11) is 0. The minimum atomic E-state index is -0.553. The lowest BCUT2D eigenvalue weighted by Crippen LogP contribution is -2.35. The summed E-state index contributed by atoms with van der Waals surface area (Å²) in [6.45, 7) is 1.22. The van der Waals surface area contributed by atoms with Crippen molar-refractivity contribution in [2.75, 3.05) is 18.1 Å². The number of ether oxygens (including phenoxy) is 2. The Morgan fingerprint density at radius 3 is 2.70 bits per heavy atom. The molecule has 0 saturated carbocycles. The maximum Gasteiger partial charge on any atom is 0.420 e. The zero-order valence-corrected chi connectivity index (χ0v) is 16.8. The van der Waals surface area contributed by atoms with E-state index in [2.05, 4.69) is 0 Å². The Hall–Kier alpha value is -3.52. The van der Waals surface area contributed by atoms with Gasteiger partial charge in [-0.2, -0.15) is 0 Å². The Morgan fingerprint density at radius 2 is 1.87 bits per heavy atom. The first-order valence-electron chi connectivity index (χ1n) is 9.50. The molecule has 30 heavy (non-hydrogen) atoms. The Labute approximate surface area is 175 Å². The highest BCUT2D eigenvalue weighted by molar-refractivity contribution is 7.09. The van der Waals surface area contributed by atoms with Gasteiger partial charge in [0, 0.05) is 16.6 Å². The van der Waals surface area contributed by atoms with Crippen molar-refractivity contribution < 1.29 is 18.7 Å². The molecule has 1 aliphatic rings. The van der Waals surface area contributed by atoms with Crippen LogP contribution in [0, 0.1) is 0 Å². The van der Waals surface area contributed by atoms with Crippen LogP contribution in [0.2, 0.25) is 0 Å². The topological polar surface area (TPSA) is 73.9 Å². The van der Waals surface area contributed by atoms with Gasteiger partial charge in [0.25, 0.3) is 0 Å². The normalized spacial score (nSPS) is 12.8. The SMILES string of the molecule is O=C(Cn1c(=O)oc2ccccc21)N(Cc1cccs1)c1ccc2c(c1)OCCO2. The number of hydrogen-bond acceptors (Lipinski definition) is 6. The first-order valence-corrected chi connectivity index (χ1v) is 10.4. The molecule has 3 heterocycles. The highest BCUT2D eigenvalue weighted by atomic mass is 32.1. The van der Waals surface area contributed by atoms with E-state index in [9.17, 15) is 9.59 Å². The zero-order chi connectivity index (χ0) is 20.5. The van der Waals surface area contributed by atoms with Gasteiger partial charge in [-0.1, -0.05) is 18.2 Å². The van der Waals surface area contributed by atoms with Crippen LogP contribution < -0.4 is 20.1 Å². The lowest BCUT2D eigenvalue weighted by Gasteiger charge is -2.25. The monoisotopic (exact) mass is 422 g/mol. The predicted molar refractivity (Wildman–Crippen MR) is 113 cm³/mol. The van der Waals surface area contributed by atoms with E-state index in [4.69, 9.17) is 13.9 Å². The van der Waals surface area contributed by atoms with Crippen LogP contribution in [0.1, 0.15) is 4.88 Å². The number of carbonyl (C=O) groups is 1. The van der Waals surface area contributed by atoms with Crippen LogP contribution in [0.3, 0.4) is 0 Å². The van der Waals surface area contributed by atoms with Gasteiger partial charge in [-0.25, -0.2) is 4.79 Å². The van der Waals surface area contributed by atoms with Gasteiger partial charge in [-0.05, 0) is 35.7 Å². The average Bonchev–Trinajstić information content (AvgIpc) is 3.39. The van der Waals surface area contributed by atoms with Gasteiger partial charge in [-0.3, -0.25) is 9.36 Å². The summed E-state index contributed by atoms with van der Waals surface area (Å²) in [5.41, 5.74) is 1.73. The predicted octanol–water partition coefficient (Wildman–Crippen LogP) is 3.66. The second-order valence-corrected chi connectivity index (χ2v) is 7.84.